The molecule has 2 atom stereocenters. The predicted molar refractivity (Wildman–Crippen MR) is 122 cm³/mol. The molecule has 32 heavy (non-hydrogen) atoms. The van der Waals surface area contributed by atoms with Gasteiger partial charge in [0.2, 0.25) is 5.91 Å². The van der Waals surface area contributed by atoms with Crippen LogP contribution in [0.15, 0.2) is 21.2 Å². The van der Waals surface area contributed by atoms with Crippen LogP contribution in [-0.4, -0.2) is 46.6 Å². The third-order valence-corrected chi connectivity index (χ3v) is 7.73. The number of nitrogens with one attached hydrogen (secondary N) is 1. The molecule has 1 saturated carbocycles. The molecular formula is C25H38N4O3. The largest absolute Gasteiger partial charge is 0.446 e. The van der Waals surface area contributed by atoms with Crippen LogP contribution in [0, 0.1) is 18.8 Å². The van der Waals surface area contributed by atoms with Gasteiger partial charge < -0.3 is 19.2 Å². The molecule has 1 N–H and O–H groups in total. The molecule has 0 aromatic carbocycles. The normalized spacial score (nSPS) is 28.8. The number of aromatic nitrogens is 2. The number of hydrogen-bond acceptors (Lipinski definition) is 6. The lowest BCUT2D eigenvalue weighted by molar-refractivity contribution is -0.121. The van der Waals surface area contributed by atoms with Gasteiger partial charge in [0, 0.05) is 44.0 Å². The predicted octanol–water partition coefficient (Wildman–Crippen LogP) is 4.05. The average Bonchev–Trinajstić information content (AvgIpc) is 3.48. The van der Waals surface area contributed by atoms with E-state index in [1.807, 2.05) is 0 Å². The fourth-order valence-corrected chi connectivity index (χ4v) is 5.41. The Kier molecular flexibility index (Phi) is 7.03. The Morgan fingerprint density at radius 2 is 2.06 bits per heavy atom. The van der Waals surface area contributed by atoms with Crippen LogP contribution in [0.25, 0.3) is 0 Å². The van der Waals surface area contributed by atoms with Crippen LogP contribution in [0.2, 0.25) is 0 Å². The first-order valence-electron chi connectivity index (χ1n) is 12.2. The summed E-state index contributed by atoms with van der Waals surface area (Å²) in [4.78, 5) is 18.9. The van der Waals surface area contributed by atoms with E-state index in [-0.39, 0.29) is 23.8 Å². The molecular weight excluding hydrogens is 404 g/mol. The molecule has 176 valence electrons. The van der Waals surface area contributed by atoms with Crippen LogP contribution in [-0.2, 0) is 23.1 Å². The van der Waals surface area contributed by atoms with E-state index >= 15 is 0 Å². The summed E-state index contributed by atoms with van der Waals surface area (Å²) in [6, 6.07) is 2.44. The van der Waals surface area contributed by atoms with E-state index in [9.17, 15) is 4.79 Å². The summed E-state index contributed by atoms with van der Waals surface area (Å²) in [5.41, 5.74) is 1.18. The van der Waals surface area contributed by atoms with Crippen LogP contribution in [0.4, 0.5) is 0 Å². The first-order valence-corrected chi connectivity index (χ1v) is 12.2. The molecule has 0 spiro atoms. The molecule has 0 unspecified atom stereocenters. The lowest BCUT2D eigenvalue weighted by Crippen LogP contribution is -2.38. The summed E-state index contributed by atoms with van der Waals surface area (Å²) in [6.45, 7) is 11.9. The third-order valence-electron chi connectivity index (χ3n) is 7.73. The van der Waals surface area contributed by atoms with E-state index < -0.39 is 0 Å². The van der Waals surface area contributed by atoms with Gasteiger partial charge in [-0.2, -0.15) is 0 Å². The quantitative estimate of drug-likeness (QED) is 0.664. The lowest BCUT2D eigenvalue weighted by Gasteiger charge is -2.30. The van der Waals surface area contributed by atoms with Crippen LogP contribution in [0.1, 0.15) is 76.0 Å². The molecule has 1 amide bonds. The third kappa shape index (κ3) is 5.25. The van der Waals surface area contributed by atoms with Gasteiger partial charge in [0.15, 0.2) is 5.89 Å². The minimum Gasteiger partial charge on any atom is -0.446 e. The number of hydrogen-bond donors (Lipinski definition) is 1. The van der Waals surface area contributed by atoms with Gasteiger partial charge in [-0.1, -0.05) is 25.9 Å². The lowest BCUT2D eigenvalue weighted by atomic mass is 9.78. The Balaban J connectivity index is 1.18. The molecule has 2 fully saturated rings. The first kappa shape index (κ1) is 23.0. The van der Waals surface area contributed by atoms with Crippen LogP contribution in [0.3, 0.4) is 0 Å². The van der Waals surface area contributed by atoms with Crippen molar-refractivity contribution in [3.63, 3.8) is 0 Å². The highest BCUT2D eigenvalue weighted by atomic mass is 16.5. The van der Waals surface area contributed by atoms with Crippen molar-refractivity contribution >= 4 is 5.91 Å². The van der Waals surface area contributed by atoms with Crippen molar-refractivity contribution in [3.8, 4) is 0 Å². The number of oxazole rings is 1. The van der Waals surface area contributed by atoms with Gasteiger partial charge in [-0.3, -0.25) is 4.79 Å². The molecule has 1 aliphatic carbocycles. The Labute approximate surface area is 191 Å². The van der Waals surface area contributed by atoms with Crippen molar-refractivity contribution < 1.29 is 13.7 Å². The minimum atomic E-state index is 0.0361. The van der Waals surface area contributed by atoms with Crippen molar-refractivity contribution in [1.29, 1.82) is 0 Å². The highest BCUT2D eigenvalue weighted by Gasteiger charge is 2.43. The molecule has 7 heteroatoms. The highest BCUT2D eigenvalue weighted by molar-refractivity contribution is 5.78. The van der Waals surface area contributed by atoms with E-state index in [2.05, 4.69) is 47.2 Å². The summed E-state index contributed by atoms with van der Waals surface area (Å²) in [5.74, 6) is 3.57. The Bertz CT molecular complexity index is 899. The molecule has 3 heterocycles. The maximum Gasteiger partial charge on any atom is 0.227 e. The van der Waals surface area contributed by atoms with Crippen LogP contribution < -0.4 is 5.32 Å². The zero-order valence-corrected chi connectivity index (χ0v) is 20.0. The smallest absolute Gasteiger partial charge is 0.227 e. The Hall–Kier alpha value is -2.15. The van der Waals surface area contributed by atoms with Crippen molar-refractivity contribution in [3.05, 3.63) is 35.4 Å². The number of likely N-dealkylation sites (tertiary alicyclic amines) is 1. The van der Waals surface area contributed by atoms with Gasteiger partial charge in [0.25, 0.3) is 0 Å². The summed E-state index contributed by atoms with van der Waals surface area (Å²) in [5, 5.41) is 7.57. The number of carbonyl (C=O) groups is 1. The average molecular weight is 443 g/mol. The zero-order valence-electron chi connectivity index (χ0n) is 20.0. The standard InChI is InChI=1S/C25H38N4O3/c1-5-21-12-23(28-32-21)25(4)16-29(15-17(25)2)11-10-19-6-8-20(9-7-19)27-24(30)13-22-14-26-18(3)31-22/h12,14,17,19-20H,5-11,13,15-16H2,1-4H3,(H,27,30)/t17-,19?,20?,25-/m0/s1. The van der Waals surface area contributed by atoms with Gasteiger partial charge in [-0.05, 0) is 50.5 Å². The fraction of sp³-hybridized carbons (Fsp3) is 0.720. The van der Waals surface area contributed by atoms with E-state index in [0.29, 0.717) is 17.6 Å². The first-order chi connectivity index (χ1) is 15.4. The van der Waals surface area contributed by atoms with E-state index in [4.69, 9.17) is 8.94 Å². The maximum absolute atomic E-state index is 12.3. The fourth-order valence-electron chi connectivity index (χ4n) is 5.41. The van der Waals surface area contributed by atoms with Gasteiger partial charge in [-0.15, -0.1) is 0 Å². The number of nitrogens with zero attached hydrogens (tertiary/aromatic N) is 3. The van der Waals surface area contributed by atoms with Gasteiger partial charge in [0.1, 0.15) is 11.5 Å². The van der Waals surface area contributed by atoms with Gasteiger partial charge in [0.05, 0.1) is 18.3 Å². The molecule has 7 nitrogen and oxygen atoms in total. The summed E-state index contributed by atoms with van der Waals surface area (Å²) < 4.78 is 10.9. The number of carbonyl (C=O) groups excluding carboxylic acids is 1. The number of amides is 1. The summed E-state index contributed by atoms with van der Waals surface area (Å²) in [7, 11) is 0. The van der Waals surface area contributed by atoms with E-state index in [0.717, 1.165) is 56.3 Å². The molecule has 1 saturated heterocycles. The van der Waals surface area contributed by atoms with Crippen molar-refractivity contribution in [2.24, 2.45) is 11.8 Å². The maximum atomic E-state index is 12.3. The molecule has 4 rings (SSSR count). The second-order valence-electron chi connectivity index (χ2n) is 10.2. The second kappa shape index (κ2) is 9.77. The molecule has 0 bridgehead atoms. The second-order valence-corrected chi connectivity index (χ2v) is 10.2. The van der Waals surface area contributed by atoms with E-state index in [1.54, 1.807) is 13.1 Å². The van der Waals surface area contributed by atoms with Gasteiger partial charge >= 0.3 is 0 Å². The minimum absolute atomic E-state index is 0.0361. The molecule has 2 aliphatic rings. The number of aryl methyl sites for hydroxylation is 2. The van der Waals surface area contributed by atoms with E-state index in [1.165, 1.54) is 19.3 Å². The Morgan fingerprint density at radius 3 is 2.72 bits per heavy atom. The topological polar surface area (TPSA) is 84.4 Å². The van der Waals surface area contributed by atoms with Crippen molar-refractivity contribution in [2.75, 3.05) is 19.6 Å². The SMILES string of the molecule is CCc1cc([C@@]2(C)CN(CCC3CCC(NC(=O)Cc4cnc(C)o4)CC3)C[C@@H]2C)no1. The van der Waals surface area contributed by atoms with Gasteiger partial charge in [-0.25, -0.2) is 4.98 Å². The monoisotopic (exact) mass is 442 g/mol. The highest BCUT2D eigenvalue weighted by Crippen LogP contribution is 2.39. The summed E-state index contributed by atoms with van der Waals surface area (Å²) >= 11 is 0. The molecule has 1 aliphatic heterocycles. The zero-order chi connectivity index (χ0) is 22.7. The van der Waals surface area contributed by atoms with Crippen molar-refractivity contribution in [1.82, 2.24) is 20.4 Å². The van der Waals surface area contributed by atoms with Crippen LogP contribution in [0.5, 0.6) is 0 Å². The molecule has 0 radical (unpaired) electrons. The summed E-state index contributed by atoms with van der Waals surface area (Å²) in [6.07, 6.45) is 8.56. The van der Waals surface area contributed by atoms with Crippen molar-refractivity contribution in [2.45, 2.75) is 84.1 Å². The molecule has 2 aromatic rings. The Morgan fingerprint density at radius 1 is 1.28 bits per heavy atom. The molecule has 2 aromatic heterocycles. The van der Waals surface area contributed by atoms with Crippen LogP contribution >= 0.6 is 0 Å². The number of rotatable bonds is 8.